The summed E-state index contributed by atoms with van der Waals surface area (Å²) in [5, 5.41) is 12.4. The minimum Gasteiger partial charge on any atom is -0.399 e. The van der Waals surface area contributed by atoms with Gasteiger partial charge in [-0.15, -0.1) is 0 Å². The second-order valence-corrected chi connectivity index (χ2v) is 11.2. The second kappa shape index (κ2) is 11.2. The molecule has 0 spiro atoms. The maximum atomic E-state index is 13.2. The van der Waals surface area contributed by atoms with E-state index in [0.717, 1.165) is 5.56 Å². The van der Waals surface area contributed by atoms with E-state index >= 15 is 0 Å². The van der Waals surface area contributed by atoms with E-state index in [-0.39, 0.29) is 41.0 Å². The van der Waals surface area contributed by atoms with Crippen LogP contribution in [0.1, 0.15) is 31.9 Å². The minimum atomic E-state index is -3.64. The van der Waals surface area contributed by atoms with Crippen LogP contribution in [0.25, 0.3) is 11.3 Å². The summed E-state index contributed by atoms with van der Waals surface area (Å²) < 4.78 is 26.8. The summed E-state index contributed by atoms with van der Waals surface area (Å²) in [5.41, 5.74) is 13.1. The number of nitrogen functional groups attached to an aromatic ring is 2. The van der Waals surface area contributed by atoms with Crippen LogP contribution in [0.5, 0.6) is 0 Å². The molecular weight excluding hydrogens is 494 g/mol. The first-order chi connectivity index (χ1) is 17.4. The maximum absolute atomic E-state index is 13.2. The van der Waals surface area contributed by atoms with Crippen molar-refractivity contribution in [1.82, 2.24) is 14.9 Å². The third-order valence-corrected chi connectivity index (χ3v) is 7.76. The number of hydrogen-bond acceptors (Lipinski definition) is 8. The number of hydrogen-bond donors (Lipinski definition) is 5. The van der Waals surface area contributed by atoms with E-state index in [9.17, 15) is 18.0 Å². The highest BCUT2D eigenvalue weighted by Crippen LogP contribution is 2.27. The molecule has 37 heavy (non-hydrogen) atoms. The predicted octanol–water partition coefficient (Wildman–Crippen LogP) is 1.71. The van der Waals surface area contributed by atoms with E-state index in [4.69, 9.17) is 16.9 Å². The van der Waals surface area contributed by atoms with E-state index in [1.54, 1.807) is 38.1 Å². The summed E-state index contributed by atoms with van der Waals surface area (Å²) in [6.45, 7) is 5.25. The third kappa shape index (κ3) is 6.33. The Bertz CT molecular complexity index is 1480. The van der Waals surface area contributed by atoms with Gasteiger partial charge in [0.05, 0.1) is 22.0 Å². The highest BCUT2D eigenvalue weighted by atomic mass is 32.2. The lowest BCUT2D eigenvalue weighted by Gasteiger charge is -2.16. The first kappa shape index (κ1) is 27.4. The molecule has 196 valence electrons. The Morgan fingerprint density at radius 2 is 1.84 bits per heavy atom. The Hall–Kier alpha value is -4.19. The zero-order chi connectivity index (χ0) is 27.3. The number of rotatable bonds is 10. The highest BCUT2D eigenvalue weighted by molar-refractivity contribution is 7.92. The molecule has 2 aromatic carbocycles. The molecule has 3 rings (SSSR count). The molecule has 0 unspecified atom stereocenters. The highest BCUT2D eigenvalue weighted by Gasteiger charge is 2.22. The maximum Gasteiger partial charge on any atom is 0.294 e. The fraction of sp³-hybridized carbons (Fsp3) is 0.280. The molecule has 0 saturated carbocycles. The molecule has 0 aliphatic heterocycles. The molecule has 0 atom stereocenters. The Balaban J connectivity index is 1.97. The number of carbonyl (C=O) groups is 1. The van der Waals surface area contributed by atoms with Crippen molar-refractivity contribution in [1.29, 1.82) is 5.41 Å². The Labute approximate surface area is 215 Å². The molecule has 1 heterocycles. The lowest BCUT2D eigenvalue weighted by Crippen LogP contribution is -2.34. The van der Waals surface area contributed by atoms with Gasteiger partial charge >= 0.3 is 0 Å². The molecule has 11 nitrogen and oxygen atoms in total. The minimum absolute atomic E-state index is 0.0192. The van der Waals surface area contributed by atoms with Gasteiger partial charge < -0.3 is 22.1 Å². The first-order valence-electron chi connectivity index (χ1n) is 11.6. The summed E-state index contributed by atoms with van der Waals surface area (Å²) >= 11 is 0. The molecular formula is C25H31N7O4S. The number of nitrogens with one attached hydrogen (secondary N) is 3. The molecule has 7 N–H and O–H groups in total. The number of sulfone groups is 1. The van der Waals surface area contributed by atoms with Gasteiger partial charge in [0.1, 0.15) is 12.4 Å². The standard InChI is InChI=1S/C25H31N7O4S/c1-4-29-24-25(34)32(14-22(33)30-12-16-5-7-17(8-6-16)23(27)28)21(13-31-24)18-9-19(26)11-20(10-18)37(35,36)15(2)3/h5-11,13,15H,4,12,14,26H2,1-3H3,(H3,27,28)(H,29,31)(H,30,33). The van der Waals surface area contributed by atoms with Crippen molar-refractivity contribution in [3.05, 3.63) is 70.1 Å². The van der Waals surface area contributed by atoms with Crippen molar-refractivity contribution in [2.45, 2.75) is 44.0 Å². The fourth-order valence-electron chi connectivity index (χ4n) is 3.57. The lowest BCUT2D eigenvalue weighted by molar-refractivity contribution is -0.121. The number of nitrogens with zero attached hydrogens (tertiary/aromatic N) is 2. The third-order valence-electron chi connectivity index (χ3n) is 5.63. The molecule has 0 aliphatic carbocycles. The van der Waals surface area contributed by atoms with Crippen molar-refractivity contribution < 1.29 is 13.2 Å². The van der Waals surface area contributed by atoms with Crippen LogP contribution in [0.2, 0.25) is 0 Å². The van der Waals surface area contributed by atoms with Gasteiger partial charge in [-0.3, -0.25) is 19.6 Å². The number of amidine groups is 1. The van der Waals surface area contributed by atoms with E-state index in [0.29, 0.717) is 17.7 Å². The van der Waals surface area contributed by atoms with Crippen LogP contribution in [-0.2, 0) is 27.7 Å². The van der Waals surface area contributed by atoms with Crippen molar-refractivity contribution in [2.75, 3.05) is 17.6 Å². The van der Waals surface area contributed by atoms with E-state index in [1.807, 2.05) is 6.92 Å². The Kier molecular flexibility index (Phi) is 8.33. The van der Waals surface area contributed by atoms with Gasteiger partial charge in [0, 0.05) is 29.9 Å². The number of benzene rings is 2. The van der Waals surface area contributed by atoms with Crippen LogP contribution in [0.3, 0.4) is 0 Å². The van der Waals surface area contributed by atoms with E-state index < -0.39 is 26.6 Å². The molecule has 12 heteroatoms. The smallest absolute Gasteiger partial charge is 0.294 e. The summed E-state index contributed by atoms with van der Waals surface area (Å²) in [4.78, 5) is 30.3. The molecule has 1 amide bonds. The summed E-state index contributed by atoms with van der Waals surface area (Å²) in [6, 6.07) is 11.2. The lowest BCUT2D eigenvalue weighted by atomic mass is 10.1. The van der Waals surface area contributed by atoms with Crippen LogP contribution >= 0.6 is 0 Å². The molecule has 1 aromatic heterocycles. The quantitative estimate of drug-likeness (QED) is 0.150. The van der Waals surface area contributed by atoms with Gasteiger partial charge in [0.25, 0.3) is 5.56 Å². The van der Waals surface area contributed by atoms with Gasteiger partial charge in [-0.25, -0.2) is 13.4 Å². The number of carbonyl (C=O) groups excluding carboxylic acids is 1. The first-order valence-corrected chi connectivity index (χ1v) is 13.2. The van der Waals surface area contributed by atoms with Gasteiger partial charge in [0.2, 0.25) is 5.91 Å². The summed E-state index contributed by atoms with van der Waals surface area (Å²) in [7, 11) is -3.64. The predicted molar refractivity (Wildman–Crippen MR) is 144 cm³/mol. The normalized spacial score (nSPS) is 11.4. The summed E-state index contributed by atoms with van der Waals surface area (Å²) in [5.74, 6) is -0.424. The molecule has 0 fully saturated rings. The number of anilines is 2. The van der Waals surface area contributed by atoms with Crippen LogP contribution in [0.4, 0.5) is 11.5 Å². The van der Waals surface area contributed by atoms with Crippen LogP contribution in [0.15, 0.2) is 58.4 Å². The van der Waals surface area contributed by atoms with Crippen molar-refractivity contribution in [3.63, 3.8) is 0 Å². The zero-order valence-electron chi connectivity index (χ0n) is 20.9. The topological polar surface area (TPSA) is 186 Å². The van der Waals surface area contributed by atoms with E-state index in [2.05, 4.69) is 15.6 Å². The molecule has 0 radical (unpaired) electrons. The SMILES string of the molecule is CCNc1ncc(-c2cc(N)cc(S(=O)(=O)C(C)C)c2)n(CC(=O)NCc2ccc(C(=N)N)cc2)c1=O. The average molecular weight is 526 g/mol. The van der Waals surface area contributed by atoms with Crippen molar-refractivity contribution >= 4 is 33.1 Å². The largest absolute Gasteiger partial charge is 0.399 e. The van der Waals surface area contributed by atoms with Crippen molar-refractivity contribution in [2.24, 2.45) is 5.73 Å². The second-order valence-electron chi connectivity index (χ2n) is 8.69. The Morgan fingerprint density at radius 1 is 1.16 bits per heavy atom. The molecule has 0 aliphatic rings. The fourth-order valence-corrected chi connectivity index (χ4v) is 4.71. The number of nitrogens with two attached hydrogens (primary N) is 2. The van der Waals surface area contributed by atoms with Crippen LogP contribution in [-0.4, -0.2) is 41.5 Å². The van der Waals surface area contributed by atoms with E-state index in [1.165, 1.54) is 29.0 Å². The average Bonchev–Trinajstić information content (AvgIpc) is 2.85. The van der Waals surface area contributed by atoms with Crippen LogP contribution in [0, 0.1) is 5.41 Å². The zero-order valence-corrected chi connectivity index (χ0v) is 21.7. The van der Waals surface area contributed by atoms with Crippen molar-refractivity contribution in [3.8, 4) is 11.3 Å². The number of amides is 1. The van der Waals surface area contributed by atoms with Gasteiger partial charge in [-0.1, -0.05) is 24.3 Å². The van der Waals surface area contributed by atoms with Gasteiger partial charge in [-0.2, -0.15) is 0 Å². The van der Waals surface area contributed by atoms with Crippen LogP contribution < -0.4 is 27.7 Å². The molecule has 0 saturated heterocycles. The molecule has 0 bridgehead atoms. The summed E-state index contributed by atoms with van der Waals surface area (Å²) in [6.07, 6.45) is 1.41. The number of aromatic nitrogens is 2. The molecule has 3 aromatic rings. The Morgan fingerprint density at radius 3 is 2.43 bits per heavy atom. The monoisotopic (exact) mass is 525 g/mol. The van der Waals surface area contributed by atoms with Gasteiger partial charge in [-0.05, 0) is 44.5 Å². The van der Waals surface area contributed by atoms with Gasteiger partial charge in [0.15, 0.2) is 15.7 Å².